The number of rotatable bonds is 4. The second kappa shape index (κ2) is 8.12. The summed E-state index contributed by atoms with van der Waals surface area (Å²) in [6, 6.07) is 3.89. The molecule has 2 aliphatic heterocycles. The third-order valence-electron chi connectivity index (χ3n) is 4.60. The van der Waals surface area contributed by atoms with Gasteiger partial charge in [-0.15, -0.1) is 0 Å². The van der Waals surface area contributed by atoms with Gasteiger partial charge in [-0.2, -0.15) is 0 Å². The number of hydrogen-bond acceptors (Lipinski definition) is 4. The molecule has 1 aromatic rings. The molecule has 0 bridgehead atoms. The van der Waals surface area contributed by atoms with E-state index in [1.54, 1.807) is 17.0 Å². The van der Waals surface area contributed by atoms with E-state index >= 15 is 0 Å². The van der Waals surface area contributed by atoms with Crippen LogP contribution in [0.2, 0.25) is 5.02 Å². The molecule has 0 spiro atoms. The van der Waals surface area contributed by atoms with E-state index < -0.39 is 11.9 Å². The van der Waals surface area contributed by atoms with Crippen LogP contribution in [0.4, 0.5) is 4.39 Å². The van der Waals surface area contributed by atoms with Gasteiger partial charge in [0.15, 0.2) is 0 Å². The van der Waals surface area contributed by atoms with E-state index in [0.717, 1.165) is 0 Å². The highest BCUT2D eigenvalue weighted by Gasteiger charge is 2.34. The molecule has 2 aliphatic rings. The Bertz CT molecular complexity index is 632. The van der Waals surface area contributed by atoms with Crippen LogP contribution in [0.5, 0.6) is 0 Å². The van der Waals surface area contributed by atoms with Gasteiger partial charge in [0.25, 0.3) is 0 Å². The Kier molecular flexibility index (Phi) is 5.88. The smallest absolute Gasteiger partial charge is 0.237 e. The first kappa shape index (κ1) is 18.1. The molecule has 136 valence electrons. The van der Waals surface area contributed by atoms with E-state index in [1.807, 2.05) is 4.90 Å². The van der Waals surface area contributed by atoms with Crippen molar-refractivity contribution in [2.75, 3.05) is 39.4 Å². The topological polar surface area (TPSA) is 61.9 Å². The van der Waals surface area contributed by atoms with Crippen molar-refractivity contribution in [2.45, 2.75) is 19.0 Å². The average Bonchev–Trinajstić information content (AvgIpc) is 2.61. The summed E-state index contributed by atoms with van der Waals surface area (Å²) in [7, 11) is 0. The van der Waals surface area contributed by atoms with Crippen LogP contribution in [0.3, 0.4) is 0 Å². The predicted molar refractivity (Wildman–Crippen MR) is 90.6 cm³/mol. The summed E-state index contributed by atoms with van der Waals surface area (Å²) in [5.74, 6) is -0.702. The first-order valence-corrected chi connectivity index (χ1v) is 8.74. The Labute approximate surface area is 150 Å². The SMILES string of the molecule is O=C1NCCN(Cc2c(F)cccc2Cl)[C@H]1CC(=O)N1CCOCC1. The molecule has 1 N–H and O–H groups in total. The number of halogens is 2. The minimum Gasteiger partial charge on any atom is -0.378 e. The first-order chi connectivity index (χ1) is 12.1. The molecule has 0 aromatic heterocycles. The minimum atomic E-state index is -0.625. The molecule has 0 unspecified atom stereocenters. The van der Waals surface area contributed by atoms with Gasteiger partial charge in [0.05, 0.1) is 25.7 Å². The number of hydrogen-bond donors (Lipinski definition) is 1. The average molecular weight is 370 g/mol. The fourth-order valence-electron chi connectivity index (χ4n) is 3.17. The van der Waals surface area contributed by atoms with Crippen LogP contribution in [0.25, 0.3) is 0 Å². The monoisotopic (exact) mass is 369 g/mol. The largest absolute Gasteiger partial charge is 0.378 e. The fourth-order valence-corrected chi connectivity index (χ4v) is 3.39. The van der Waals surface area contributed by atoms with Gasteiger partial charge in [-0.1, -0.05) is 17.7 Å². The van der Waals surface area contributed by atoms with Crippen molar-refractivity contribution < 1.29 is 18.7 Å². The van der Waals surface area contributed by atoms with Crippen molar-refractivity contribution in [1.29, 1.82) is 0 Å². The summed E-state index contributed by atoms with van der Waals surface area (Å²) in [5, 5.41) is 3.11. The predicted octanol–water partition coefficient (Wildman–Crippen LogP) is 1.03. The highest BCUT2D eigenvalue weighted by Crippen LogP contribution is 2.23. The number of benzene rings is 1. The van der Waals surface area contributed by atoms with Crippen LogP contribution in [0.1, 0.15) is 12.0 Å². The van der Waals surface area contributed by atoms with E-state index in [2.05, 4.69) is 5.32 Å². The normalized spacial score (nSPS) is 21.9. The van der Waals surface area contributed by atoms with Crippen molar-refractivity contribution in [1.82, 2.24) is 15.1 Å². The van der Waals surface area contributed by atoms with Gasteiger partial charge in [0.2, 0.25) is 11.8 Å². The Morgan fingerprint density at radius 3 is 2.80 bits per heavy atom. The van der Waals surface area contributed by atoms with Gasteiger partial charge < -0.3 is 15.0 Å². The third kappa shape index (κ3) is 4.29. The number of morpholine rings is 1. The molecule has 8 heteroatoms. The van der Waals surface area contributed by atoms with E-state index in [0.29, 0.717) is 50.0 Å². The summed E-state index contributed by atoms with van der Waals surface area (Å²) in [6.07, 6.45) is 0.0674. The maximum atomic E-state index is 14.1. The number of amides is 2. The summed E-state index contributed by atoms with van der Waals surface area (Å²) in [5.41, 5.74) is 0.350. The highest BCUT2D eigenvalue weighted by molar-refractivity contribution is 6.31. The molecule has 6 nitrogen and oxygen atoms in total. The van der Waals surface area contributed by atoms with Crippen LogP contribution >= 0.6 is 11.6 Å². The van der Waals surface area contributed by atoms with Crippen molar-refractivity contribution in [3.8, 4) is 0 Å². The Hall–Kier alpha value is -1.70. The molecular weight excluding hydrogens is 349 g/mol. The van der Waals surface area contributed by atoms with Crippen molar-refractivity contribution in [2.24, 2.45) is 0 Å². The molecule has 2 fully saturated rings. The summed E-state index contributed by atoms with van der Waals surface area (Å²) in [4.78, 5) is 28.3. The van der Waals surface area contributed by atoms with Gasteiger partial charge in [0.1, 0.15) is 5.82 Å². The van der Waals surface area contributed by atoms with Gasteiger partial charge in [0, 0.05) is 43.3 Å². The molecule has 2 amide bonds. The standard InChI is InChI=1S/C17H21ClFN3O3/c18-13-2-1-3-14(19)12(13)11-22-5-4-20-17(24)15(22)10-16(23)21-6-8-25-9-7-21/h1-3,15H,4-11H2,(H,20,24)/t15-/m0/s1. The van der Waals surface area contributed by atoms with Gasteiger partial charge in [-0.05, 0) is 12.1 Å². The van der Waals surface area contributed by atoms with Crippen molar-refractivity contribution >= 4 is 23.4 Å². The number of ether oxygens (including phenoxy) is 1. The Morgan fingerprint density at radius 1 is 1.32 bits per heavy atom. The lowest BCUT2D eigenvalue weighted by molar-refractivity contribution is -0.141. The summed E-state index contributed by atoms with van der Waals surface area (Å²) >= 11 is 6.10. The third-order valence-corrected chi connectivity index (χ3v) is 4.95. The second-order valence-corrected chi connectivity index (χ2v) is 6.58. The lowest BCUT2D eigenvalue weighted by atomic mass is 10.1. The van der Waals surface area contributed by atoms with Crippen LogP contribution in [0.15, 0.2) is 18.2 Å². The number of carbonyl (C=O) groups is 2. The van der Waals surface area contributed by atoms with Crippen molar-refractivity contribution in [3.05, 3.63) is 34.6 Å². The maximum absolute atomic E-state index is 14.1. The molecule has 2 saturated heterocycles. The maximum Gasteiger partial charge on any atom is 0.237 e. The second-order valence-electron chi connectivity index (χ2n) is 6.17. The van der Waals surface area contributed by atoms with Crippen LogP contribution in [0, 0.1) is 5.82 Å². The van der Waals surface area contributed by atoms with E-state index in [-0.39, 0.29) is 24.8 Å². The first-order valence-electron chi connectivity index (χ1n) is 8.36. The molecule has 1 aromatic carbocycles. The Balaban J connectivity index is 1.72. The van der Waals surface area contributed by atoms with Crippen LogP contribution in [-0.4, -0.2) is 67.0 Å². The quantitative estimate of drug-likeness (QED) is 0.861. The van der Waals surface area contributed by atoms with Gasteiger partial charge in [-0.3, -0.25) is 14.5 Å². The van der Waals surface area contributed by atoms with Gasteiger partial charge >= 0.3 is 0 Å². The highest BCUT2D eigenvalue weighted by atomic mass is 35.5. The molecule has 1 atom stereocenters. The Morgan fingerprint density at radius 2 is 2.08 bits per heavy atom. The van der Waals surface area contributed by atoms with E-state index in [9.17, 15) is 14.0 Å². The summed E-state index contributed by atoms with van der Waals surface area (Å²) in [6.45, 7) is 3.29. The molecule has 25 heavy (non-hydrogen) atoms. The molecule has 0 saturated carbocycles. The van der Waals surface area contributed by atoms with E-state index in [1.165, 1.54) is 6.07 Å². The number of nitrogens with zero attached hydrogens (tertiary/aromatic N) is 2. The molecule has 3 rings (SSSR count). The van der Waals surface area contributed by atoms with E-state index in [4.69, 9.17) is 16.3 Å². The van der Waals surface area contributed by atoms with Crippen LogP contribution < -0.4 is 5.32 Å². The minimum absolute atomic E-state index is 0.0674. The molecule has 0 aliphatic carbocycles. The lowest BCUT2D eigenvalue weighted by Gasteiger charge is -2.36. The zero-order chi connectivity index (χ0) is 17.8. The number of piperazine rings is 1. The number of carbonyl (C=O) groups excluding carboxylic acids is 2. The summed E-state index contributed by atoms with van der Waals surface area (Å²) < 4.78 is 19.3. The molecular formula is C17H21ClFN3O3. The molecule has 0 radical (unpaired) electrons. The zero-order valence-electron chi connectivity index (χ0n) is 13.8. The number of nitrogens with one attached hydrogen (secondary N) is 1. The van der Waals surface area contributed by atoms with Crippen LogP contribution in [-0.2, 0) is 20.9 Å². The molecule has 2 heterocycles. The van der Waals surface area contributed by atoms with Gasteiger partial charge in [-0.25, -0.2) is 4.39 Å². The zero-order valence-corrected chi connectivity index (χ0v) is 14.6. The fraction of sp³-hybridized carbons (Fsp3) is 0.529. The van der Waals surface area contributed by atoms with Crippen molar-refractivity contribution in [3.63, 3.8) is 0 Å². The lowest BCUT2D eigenvalue weighted by Crippen LogP contribution is -2.56.